The van der Waals surface area contributed by atoms with E-state index in [-0.39, 0.29) is 5.91 Å². The first kappa shape index (κ1) is 15.2. The van der Waals surface area contributed by atoms with Gasteiger partial charge in [0.25, 0.3) is 5.91 Å². The van der Waals surface area contributed by atoms with Crippen LogP contribution in [0, 0.1) is 19.8 Å². The van der Waals surface area contributed by atoms with Gasteiger partial charge >= 0.3 is 0 Å². The van der Waals surface area contributed by atoms with Gasteiger partial charge in [0.15, 0.2) is 0 Å². The van der Waals surface area contributed by atoms with Crippen LogP contribution in [0.25, 0.3) is 0 Å². The fraction of sp³-hybridized carbons (Fsp3) is 0.533. The average molecular weight is 312 g/mol. The third-order valence-corrected chi connectivity index (χ3v) is 3.59. The van der Waals surface area contributed by atoms with E-state index >= 15 is 0 Å². The Balaban J connectivity index is 2.59. The van der Waals surface area contributed by atoms with Crippen molar-refractivity contribution in [2.75, 3.05) is 11.9 Å². The number of carbonyl (C=O) groups is 1. The quantitative estimate of drug-likeness (QED) is 0.794. The molecule has 0 saturated heterocycles. The minimum atomic E-state index is 0.0369. The first-order chi connectivity index (χ1) is 8.56. The van der Waals surface area contributed by atoms with Gasteiger partial charge in [0.05, 0.1) is 0 Å². The second-order valence-electron chi connectivity index (χ2n) is 4.84. The van der Waals surface area contributed by atoms with E-state index < -0.39 is 0 Å². The van der Waals surface area contributed by atoms with Crippen molar-refractivity contribution < 1.29 is 4.79 Å². The molecule has 1 N–H and O–H groups in total. The van der Waals surface area contributed by atoms with E-state index in [2.05, 4.69) is 34.2 Å². The number of alkyl halides is 1. The van der Waals surface area contributed by atoms with Crippen LogP contribution in [0.5, 0.6) is 0 Å². The van der Waals surface area contributed by atoms with E-state index in [0.717, 1.165) is 41.4 Å². The maximum atomic E-state index is 12.1. The van der Waals surface area contributed by atoms with Crippen molar-refractivity contribution in [1.82, 2.24) is 5.32 Å². The first-order valence-corrected chi connectivity index (χ1v) is 7.61. The summed E-state index contributed by atoms with van der Waals surface area (Å²) in [4.78, 5) is 12.1. The van der Waals surface area contributed by atoms with Gasteiger partial charge in [0.1, 0.15) is 0 Å². The molecule has 2 nitrogen and oxygen atoms in total. The first-order valence-electron chi connectivity index (χ1n) is 6.49. The van der Waals surface area contributed by atoms with Crippen LogP contribution in [-0.4, -0.2) is 17.8 Å². The smallest absolute Gasteiger partial charge is 0.251 e. The minimum absolute atomic E-state index is 0.0369. The Morgan fingerprint density at radius 1 is 1.28 bits per heavy atom. The summed E-state index contributed by atoms with van der Waals surface area (Å²) in [5.41, 5.74) is 3.03. The lowest BCUT2D eigenvalue weighted by Gasteiger charge is -2.14. The van der Waals surface area contributed by atoms with Crippen molar-refractivity contribution in [2.45, 2.75) is 33.6 Å². The van der Waals surface area contributed by atoms with Crippen molar-refractivity contribution in [3.05, 3.63) is 34.9 Å². The van der Waals surface area contributed by atoms with Crippen LogP contribution in [-0.2, 0) is 0 Å². The van der Waals surface area contributed by atoms with Gasteiger partial charge in [-0.15, -0.1) is 0 Å². The van der Waals surface area contributed by atoms with Crippen LogP contribution in [0.4, 0.5) is 0 Å². The topological polar surface area (TPSA) is 29.1 Å². The Morgan fingerprint density at radius 2 is 1.89 bits per heavy atom. The Kier molecular flexibility index (Phi) is 6.41. The van der Waals surface area contributed by atoms with Gasteiger partial charge in [-0.3, -0.25) is 4.79 Å². The summed E-state index contributed by atoms with van der Waals surface area (Å²) in [7, 11) is 0. The molecule has 0 heterocycles. The summed E-state index contributed by atoms with van der Waals surface area (Å²) in [6.45, 7) is 6.96. The van der Waals surface area contributed by atoms with Crippen molar-refractivity contribution >= 4 is 21.8 Å². The van der Waals surface area contributed by atoms with E-state index in [1.807, 2.05) is 26.0 Å². The molecule has 0 fully saturated rings. The molecule has 1 atom stereocenters. The Hall–Kier alpha value is -0.830. The molecule has 18 heavy (non-hydrogen) atoms. The fourth-order valence-electron chi connectivity index (χ4n) is 2.05. The van der Waals surface area contributed by atoms with Crippen molar-refractivity contribution in [1.29, 1.82) is 0 Å². The van der Waals surface area contributed by atoms with Gasteiger partial charge in [-0.2, -0.15) is 0 Å². The highest BCUT2D eigenvalue weighted by Crippen LogP contribution is 2.11. The normalized spacial score (nSPS) is 12.2. The summed E-state index contributed by atoms with van der Waals surface area (Å²) >= 11 is 3.45. The molecule has 0 aromatic heterocycles. The van der Waals surface area contributed by atoms with Gasteiger partial charge < -0.3 is 5.32 Å². The predicted molar refractivity (Wildman–Crippen MR) is 80.4 cm³/mol. The highest BCUT2D eigenvalue weighted by molar-refractivity contribution is 9.09. The zero-order valence-corrected chi connectivity index (χ0v) is 13.0. The monoisotopic (exact) mass is 311 g/mol. The molecule has 1 amide bonds. The van der Waals surface area contributed by atoms with Crippen LogP contribution in [0.15, 0.2) is 18.2 Å². The van der Waals surface area contributed by atoms with Gasteiger partial charge in [-0.25, -0.2) is 0 Å². The Labute approximate surface area is 118 Å². The molecule has 1 rings (SSSR count). The van der Waals surface area contributed by atoms with Crippen LogP contribution < -0.4 is 5.32 Å². The molecule has 3 heteroatoms. The molecule has 1 aromatic rings. The lowest BCUT2D eigenvalue weighted by Crippen LogP contribution is -2.29. The number of carbonyl (C=O) groups excluding carboxylic acids is 1. The number of hydrogen-bond donors (Lipinski definition) is 1. The predicted octanol–water partition coefficient (Wildman–Crippen LogP) is 3.84. The Bertz CT molecular complexity index is 383. The molecule has 1 unspecified atom stereocenters. The third-order valence-electron chi connectivity index (χ3n) is 3.13. The zero-order valence-electron chi connectivity index (χ0n) is 11.4. The summed E-state index contributed by atoms with van der Waals surface area (Å²) in [6.07, 6.45) is 2.20. The largest absolute Gasteiger partial charge is 0.352 e. The number of rotatable bonds is 6. The van der Waals surface area contributed by atoms with Crippen molar-refractivity contribution in [3.8, 4) is 0 Å². The van der Waals surface area contributed by atoms with Gasteiger partial charge in [0.2, 0.25) is 0 Å². The molecular weight excluding hydrogens is 290 g/mol. The molecule has 0 bridgehead atoms. The molecule has 0 saturated carbocycles. The van der Waals surface area contributed by atoms with Crippen molar-refractivity contribution in [3.63, 3.8) is 0 Å². The van der Waals surface area contributed by atoms with E-state index in [4.69, 9.17) is 0 Å². The molecule has 0 radical (unpaired) electrons. The van der Waals surface area contributed by atoms with Gasteiger partial charge in [-0.1, -0.05) is 46.5 Å². The molecule has 0 aliphatic rings. The maximum absolute atomic E-state index is 12.1. The summed E-state index contributed by atoms with van der Waals surface area (Å²) in [5, 5.41) is 4.02. The second kappa shape index (κ2) is 7.57. The van der Waals surface area contributed by atoms with Gasteiger partial charge in [0, 0.05) is 17.4 Å². The molecule has 0 aliphatic heterocycles. The molecule has 0 spiro atoms. The second-order valence-corrected chi connectivity index (χ2v) is 5.63. The zero-order chi connectivity index (χ0) is 13.5. The average Bonchev–Trinajstić information content (AvgIpc) is 2.32. The molecule has 100 valence electrons. The number of aryl methyl sites for hydroxylation is 2. The lowest BCUT2D eigenvalue weighted by atomic mass is 10.0. The minimum Gasteiger partial charge on any atom is -0.352 e. The van der Waals surface area contributed by atoms with Crippen molar-refractivity contribution in [2.24, 2.45) is 5.92 Å². The molecular formula is C15H22BrNO. The highest BCUT2D eigenvalue weighted by atomic mass is 79.9. The summed E-state index contributed by atoms with van der Waals surface area (Å²) < 4.78 is 0. The van der Waals surface area contributed by atoms with E-state index in [1.54, 1.807) is 0 Å². The van der Waals surface area contributed by atoms with Crippen LogP contribution in [0.1, 0.15) is 41.3 Å². The number of nitrogens with one attached hydrogen (secondary N) is 1. The highest BCUT2D eigenvalue weighted by Gasteiger charge is 2.10. The number of amides is 1. The number of hydrogen-bond acceptors (Lipinski definition) is 1. The van der Waals surface area contributed by atoms with Gasteiger partial charge in [-0.05, 0) is 38.3 Å². The SMILES string of the molecule is CCC(CCBr)CNC(=O)c1cc(C)cc(C)c1. The van der Waals surface area contributed by atoms with Crippen LogP contribution in [0.3, 0.4) is 0 Å². The number of halogens is 1. The third kappa shape index (κ3) is 4.81. The number of benzene rings is 1. The van der Waals surface area contributed by atoms with E-state index in [9.17, 15) is 4.79 Å². The molecule has 0 aliphatic carbocycles. The fourth-order valence-corrected chi connectivity index (χ4v) is 2.70. The Morgan fingerprint density at radius 3 is 2.39 bits per heavy atom. The lowest BCUT2D eigenvalue weighted by molar-refractivity contribution is 0.0946. The van der Waals surface area contributed by atoms with E-state index in [0.29, 0.717) is 5.92 Å². The summed E-state index contributed by atoms with van der Waals surface area (Å²) in [5.74, 6) is 0.592. The molecule has 1 aromatic carbocycles. The van der Waals surface area contributed by atoms with Crippen LogP contribution >= 0.6 is 15.9 Å². The van der Waals surface area contributed by atoms with E-state index in [1.165, 1.54) is 0 Å². The van der Waals surface area contributed by atoms with Crippen LogP contribution in [0.2, 0.25) is 0 Å². The summed E-state index contributed by atoms with van der Waals surface area (Å²) in [6, 6.07) is 5.96. The maximum Gasteiger partial charge on any atom is 0.251 e. The standard InChI is InChI=1S/C15H22BrNO/c1-4-13(5-6-16)10-17-15(18)14-8-11(2)7-12(3)9-14/h7-9,13H,4-6,10H2,1-3H3,(H,17,18).